The van der Waals surface area contributed by atoms with Gasteiger partial charge in [0.15, 0.2) is 5.78 Å². The number of carbonyl (C=O) groups excluding carboxylic acids is 2. The van der Waals surface area contributed by atoms with Crippen molar-refractivity contribution in [1.29, 1.82) is 10.5 Å². The van der Waals surface area contributed by atoms with E-state index >= 15 is 0 Å². The van der Waals surface area contributed by atoms with Crippen LogP contribution in [0, 0.1) is 39.7 Å². The molecule has 1 aliphatic rings. The van der Waals surface area contributed by atoms with Gasteiger partial charge in [-0.2, -0.15) is 10.5 Å². The Morgan fingerprint density at radius 2 is 2.03 bits per heavy atom. The minimum absolute atomic E-state index is 0.169. The molecule has 1 fully saturated rings. The van der Waals surface area contributed by atoms with Crippen LogP contribution in [0.1, 0.15) is 38.2 Å². The van der Waals surface area contributed by atoms with Crippen molar-refractivity contribution in [2.24, 2.45) is 0 Å². The molecule has 0 aliphatic carbocycles. The van der Waals surface area contributed by atoms with Crippen molar-refractivity contribution in [3.63, 3.8) is 0 Å². The summed E-state index contributed by atoms with van der Waals surface area (Å²) in [7, 11) is 0. The largest absolute Gasteiger partial charge is 0.462 e. The number of hydrogen-bond acceptors (Lipinski definition) is 10. The van der Waals surface area contributed by atoms with Gasteiger partial charge in [0.05, 0.1) is 35.9 Å². The number of esters is 1. The molecule has 0 N–H and O–H groups in total. The molecule has 1 aromatic heterocycles. The number of morpholine rings is 1. The summed E-state index contributed by atoms with van der Waals surface area (Å²) in [5.74, 6) is -1.15. The van der Waals surface area contributed by atoms with E-state index < -0.39 is 16.7 Å². The molecule has 10 nitrogen and oxygen atoms in total. The molecule has 0 amide bonds. The van der Waals surface area contributed by atoms with Gasteiger partial charge in [0.25, 0.3) is 5.69 Å². The van der Waals surface area contributed by atoms with Crippen LogP contribution in [0.15, 0.2) is 23.8 Å². The molecule has 1 aromatic carbocycles. The van der Waals surface area contributed by atoms with Crippen molar-refractivity contribution in [2.45, 2.75) is 20.3 Å². The summed E-state index contributed by atoms with van der Waals surface area (Å²) in [6.07, 6.45) is 1.06. The van der Waals surface area contributed by atoms with Crippen LogP contribution in [-0.2, 0) is 20.7 Å². The van der Waals surface area contributed by atoms with Crippen molar-refractivity contribution >= 4 is 40.5 Å². The van der Waals surface area contributed by atoms with Crippen molar-refractivity contribution in [2.75, 3.05) is 37.8 Å². The number of nitriles is 2. The fourth-order valence-electron chi connectivity index (χ4n) is 3.67. The fourth-order valence-corrected chi connectivity index (χ4v) is 4.82. The zero-order chi connectivity index (χ0) is 25.5. The molecule has 0 atom stereocenters. The number of non-ortho nitro benzene ring substituents is 1. The Hall–Kier alpha value is -4.06. The Kier molecular flexibility index (Phi) is 8.31. The number of nitro benzene ring substituents is 1. The van der Waals surface area contributed by atoms with Crippen molar-refractivity contribution < 1.29 is 24.0 Å². The molecule has 180 valence electrons. The molecule has 0 radical (unpaired) electrons. The smallest absolute Gasteiger partial charge is 0.348 e. The SMILES string of the molecule is CCOC(=O)c1sc(CC(=O)/C(C#N)=C/c2cc([N+](=O)[O-])ccc2N2CCOCC2)c(C#N)c1C. The molecule has 35 heavy (non-hydrogen) atoms. The number of thiophene rings is 1. The third-order valence-electron chi connectivity index (χ3n) is 5.41. The second-order valence-corrected chi connectivity index (χ2v) is 8.66. The third kappa shape index (κ3) is 5.72. The number of ether oxygens (including phenoxy) is 2. The molecular formula is C24H22N4O6S. The molecule has 11 heteroatoms. The maximum atomic E-state index is 13.1. The molecule has 2 heterocycles. The molecule has 1 aliphatic heterocycles. The Morgan fingerprint density at radius 1 is 1.31 bits per heavy atom. The highest BCUT2D eigenvalue weighted by atomic mass is 32.1. The zero-order valence-electron chi connectivity index (χ0n) is 19.2. The Balaban J connectivity index is 1.98. The van der Waals surface area contributed by atoms with E-state index in [1.807, 2.05) is 17.0 Å². The van der Waals surface area contributed by atoms with Gasteiger partial charge in [0, 0.05) is 47.8 Å². The van der Waals surface area contributed by atoms with Crippen LogP contribution in [0.25, 0.3) is 6.08 Å². The van der Waals surface area contributed by atoms with Crippen LogP contribution in [0.5, 0.6) is 0 Å². The molecule has 0 spiro atoms. The van der Waals surface area contributed by atoms with Gasteiger partial charge in [0.1, 0.15) is 17.0 Å². The molecule has 0 unspecified atom stereocenters. The normalized spacial score (nSPS) is 13.6. The van der Waals surface area contributed by atoms with Crippen molar-refractivity contribution in [3.8, 4) is 12.1 Å². The maximum Gasteiger partial charge on any atom is 0.348 e. The number of Topliss-reactive ketones (excluding diaryl/α,β-unsaturated/α-hetero) is 1. The lowest BCUT2D eigenvalue weighted by Crippen LogP contribution is -2.36. The lowest BCUT2D eigenvalue weighted by atomic mass is 10.0. The quantitative estimate of drug-likeness (QED) is 0.177. The highest BCUT2D eigenvalue weighted by Gasteiger charge is 2.24. The summed E-state index contributed by atoms with van der Waals surface area (Å²) in [6.45, 7) is 5.54. The first-order valence-corrected chi connectivity index (χ1v) is 11.6. The van der Waals surface area contributed by atoms with Crippen LogP contribution >= 0.6 is 11.3 Å². The maximum absolute atomic E-state index is 13.1. The van der Waals surface area contributed by atoms with Crippen molar-refractivity contribution in [1.82, 2.24) is 0 Å². The lowest BCUT2D eigenvalue weighted by molar-refractivity contribution is -0.384. The van der Waals surface area contributed by atoms with Gasteiger partial charge in [-0.05, 0) is 31.6 Å². The van der Waals surface area contributed by atoms with Crippen LogP contribution in [0.2, 0.25) is 0 Å². The second kappa shape index (κ2) is 11.4. The van der Waals surface area contributed by atoms with Gasteiger partial charge in [-0.3, -0.25) is 14.9 Å². The average Bonchev–Trinajstić information content (AvgIpc) is 3.17. The highest BCUT2D eigenvalue weighted by molar-refractivity contribution is 7.14. The second-order valence-electron chi connectivity index (χ2n) is 7.56. The number of nitrogens with zero attached hydrogens (tertiary/aromatic N) is 4. The van der Waals surface area contributed by atoms with E-state index in [4.69, 9.17) is 9.47 Å². The number of benzene rings is 1. The van der Waals surface area contributed by atoms with Crippen LogP contribution < -0.4 is 4.90 Å². The number of carbonyl (C=O) groups is 2. The summed E-state index contributed by atoms with van der Waals surface area (Å²) < 4.78 is 10.4. The third-order valence-corrected chi connectivity index (χ3v) is 6.68. The van der Waals surface area contributed by atoms with E-state index in [1.54, 1.807) is 19.9 Å². The zero-order valence-corrected chi connectivity index (χ0v) is 20.0. The average molecular weight is 495 g/mol. The number of allylic oxidation sites excluding steroid dienone is 1. The van der Waals surface area contributed by atoms with Gasteiger partial charge < -0.3 is 14.4 Å². The van der Waals surface area contributed by atoms with E-state index in [0.29, 0.717) is 48.0 Å². The standard InChI is InChI=1S/C24H22N4O6S/c1-3-34-24(30)23-15(2)19(14-26)22(35-23)12-21(29)17(13-25)10-16-11-18(28(31)32)4-5-20(16)27-6-8-33-9-7-27/h4-5,10-11H,3,6-9,12H2,1-2H3/b17-10+. The number of hydrogen-bond donors (Lipinski definition) is 0. The van der Waals surface area contributed by atoms with E-state index in [0.717, 1.165) is 11.3 Å². The molecule has 0 saturated carbocycles. The predicted octanol–water partition coefficient (Wildman–Crippen LogP) is 3.57. The van der Waals surface area contributed by atoms with Crippen LogP contribution in [0.4, 0.5) is 11.4 Å². The van der Waals surface area contributed by atoms with Crippen molar-refractivity contribution in [3.05, 3.63) is 60.3 Å². The lowest BCUT2D eigenvalue weighted by Gasteiger charge is -2.30. The highest BCUT2D eigenvalue weighted by Crippen LogP contribution is 2.31. The Morgan fingerprint density at radius 3 is 2.63 bits per heavy atom. The summed E-state index contributed by atoms with van der Waals surface area (Å²) in [4.78, 5) is 38.6. The van der Waals surface area contributed by atoms with Crippen LogP contribution in [0.3, 0.4) is 0 Å². The Labute approximate surface area is 205 Å². The van der Waals surface area contributed by atoms with Gasteiger partial charge in [0.2, 0.25) is 0 Å². The van der Waals surface area contributed by atoms with E-state index in [9.17, 15) is 30.2 Å². The minimum Gasteiger partial charge on any atom is -0.462 e. The van der Waals surface area contributed by atoms with Gasteiger partial charge in [-0.15, -0.1) is 11.3 Å². The van der Waals surface area contributed by atoms with Crippen LogP contribution in [-0.4, -0.2) is 49.6 Å². The van der Waals surface area contributed by atoms with Gasteiger partial charge in [-0.1, -0.05) is 0 Å². The topological polar surface area (TPSA) is 147 Å². The molecule has 1 saturated heterocycles. The first kappa shape index (κ1) is 25.6. The first-order valence-electron chi connectivity index (χ1n) is 10.8. The monoisotopic (exact) mass is 494 g/mol. The minimum atomic E-state index is -0.576. The fraction of sp³-hybridized carbons (Fsp3) is 0.333. The number of anilines is 1. The molecule has 3 rings (SSSR count). The number of rotatable bonds is 8. The van der Waals surface area contributed by atoms with E-state index in [2.05, 4.69) is 0 Å². The molecular weight excluding hydrogens is 472 g/mol. The first-order chi connectivity index (χ1) is 16.8. The van der Waals surface area contributed by atoms with E-state index in [1.165, 1.54) is 18.2 Å². The summed E-state index contributed by atoms with van der Waals surface area (Å²) in [5, 5.41) is 30.6. The summed E-state index contributed by atoms with van der Waals surface area (Å²) >= 11 is 0.988. The molecule has 0 bridgehead atoms. The number of nitro groups is 1. The summed E-state index contributed by atoms with van der Waals surface area (Å²) in [5.41, 5.74) is 1.25. The number of ketones is 1. The van der Waals surface area contributed by atoms with Gasteiger partial charge in [-0.25, -0.2) is 4.79 Å². The predicted molar refractivity (Wildman–Crippen MR) is 128 cm³/mol. The Bertz CT molecular complexity index is 1280. The van der Waals surface area contributed by atoms with Gasteiger partial charge >= 0.3 is 5.97 Å². The molecule has 2 aromatic rings. The van der Waals surface area contributed by atoms with E-state index in [-0.39, 0.29) is 34.7 Å². The summed E-state index contributed by atoms with van der Waals surface area (Å²) in [6, 6.07) is 8.19.